The van der Waals surface area contributed by atoms with Crippen LogP contribution in [0.25, 0.3) is 11.5 Å². The maximum absolute atomic E-state index is 9.86. The van der Waals surface area contributed by atoms with E-state index < -0.39 is 5.60 Å². The highest BCUT2D eigenvalue weighted by Gasteiger charge is 2.38. The second-order valence-corrected chi connectivity index (χ2v) is 5.38. The summed E-state index contributed by atoms with van der Waals surface area (Å²) >= 11 is 0. The van der Waals surface area contributed by atoms with Gasteiger partial charge in [-0.05, 0) is 31.0 Å². The van der Waals surface area contributed by atoms with Crippen molar-refractivity contribution in [1.82, 2.24) is 10.1 Å². The Morgan fingerprint density at radius 3 is 2.67 bits per heavy atom. The van der Waals surface area contributed by atoms with Crippen LogP contribution in [-0.4, -0.2) is 27.5 Å². The maximum Gasteiger partial charge on any atom is 0.261 e. The molecule has 0 amide bonds. The third kappa shape index (κ3) is 2.47. The standard InChI is InChI=1S/C15H18N2O4/c1-20-15(7-3-2-4-8-15)14-16-13(21-17-14)11-9-10(18)5-6-12(11)19/h5-6,9,18-19H,2-4,7-8H2,1H3. The van der Waals surface area contributed by atoms with Gasteiger partial charge in [0.25, 0.3) is 5.89 Å². The Kier molecular flexibility index (Phi) is 3.55. The van der Waals surface area contributed by atoms with E-state index in [2.05, 4.69) is 10.1 Å². The smallest absolute Gasteiger partial charge is 0.261 e. The fourth-order valence-electron chi connectivity index (χ4n) is 2.86. The SMILES string of the molecule is COC1(c2noc(-c3cc(O)ccc3O)n2)CCCCC1. The molecule has 1 heterocycles. The van der Waals surface area contributed by atoms with Gasteiger partial charge in [-0.15, -0.1) is 0 Å². The van der Waals surface area contributed by atoms with Crippen molar-refractivity contribution < 1.29 is 19.5 Å². The molecule has 1 fully saturated rings. The molecule has 1 aliphatic rings. The van der Waals surface area contributed by atoms with Gasteiger partial charge in [-0.3, -0.25) is 0 Å². The number of methoxy groups -OCH3 is 1. The molecule has 1 aliphatic carbocycles. The minimum atomic E-state index is -0.507. The van der Waals surface area contributed by atoms with E-state index in [4.69, 9.17) is 9.26 Å². The Labute approximate surface area is 122 Å². The van der Waals surface area contributed by atoms with Crippen molar-refractivity contribution in [3.8, 4) is 23.0 Å². The molecule has 0 saturated heterocycles. The summed E-state index contributed by atoms with van der Waals surface area (Å²) in [5.74, 6) is 0.697. The predicted octanol–water partition coefficient (Wildman–Crippen LogP) is 2.95. The second-order valence-electron chi connectivity index (χ2n) is 5.38. The third-order valence-corrected chi connectivity index (χ3v) is 4.10. The van der Waals surface area contributed by atoms with E-state index in [9.17, 15) is 10.2 Å². The van der Waals surface area contributed by atoms with E-state index in [1.54, 1.807) is 7.11 Å². The molecular formula is C15H18N2O4. The van der Waals surface area contributed by atoms with Gasteiger partial charge in [0.2, 0.25) is 5.82 Å². The molecule has 6 heteroatoms. The van der Waals surface area contributed by atoms with Gasteiger partial charge in [-0.1, -0.05) is 24.4 Å². The zero-order valence-electron chi connectivity index (χ0n) is 11.9. The first-order chi connectivity index (χ1) is 10.1. The van der Waals surface area contributed by atoms with Crippen LogP contribution in [0.1, 0.15) is 37.9 Å². The fraction of sp³-hybridized carbons (Fsp3) is 0.467. The summed E-state index contributed by atoms with van der Waals surface area (Å²) in [4.78, 5) is 4.38. The van der Waals surface area contributed by atoms with Gasteiger partial charge in [0.1, 0.15) is 17.1 Å². The molecule has 1 saturated carbocycles. The first kappa shape index (κ1) is 13.9. The van der Waals surface area contributed by atoms with Crippen LogP contribution in [0.4, 0.5) is 0 Å². The van der Waals surface area contributed by atoms with Crippen LogP contribution in [0, 0.1) is 0 Å². The quantitative estimate of drug-likeness (QED) is 0.845. The Morgan fingerprint density at radius 1 is 1.19 bits per heavy atom. The van der Waals surface area contributed by atoms with E-state index >= 15 is 0 Å². The number of aromatic nitrogens is 2. The van der Waals surface area contributed by atoms with Crippen molar-refractivity contribution in [3.63, 3.8) is 0 Å². The second kappa shape index (κ2) is 5.37. The van der Waals surface area contributed by atoms with Gasteiger partial charge in [-0.25, -0.2) is 0 Å². The first-order valence-electron chi connectivity index (χ1n) is 7.06. The van der Waals surface area contributed by atoms with Crippen LogP contribution >= 0.6 is 0 Å². The lowest BCUT2D eigenvalue weighted by atomic mass is 9.84. The van der Waals surface area contributed by atoms with Crippen molar-refractivity contribution in [2.24, 2.45) is 0 Å². The lowest BCUT2D eigenvalue weighted by molar-refractivity contribution is -0.0527. The van der Waals surface area contributed by atoms with Gasteiger partial charge in [0.05, 0.1) is 5.56 Å². The Morgan fingerprint density at radius 2 is 1.95 bits per heavy atom. The summed E-state index contributed by atoms with van der Waals surface area (Å²) in [6, 6.07) is 4.18. The summed E-state index contributed by atoms with van der Waals surface area (Å²) in [5, 5.41) is 23.4. The molecular weight excluding hydrogens is 272 g/mol. The Hall–Kier alpha value is -2.08. The van der Waals surface area contributed by atoms with Crippen LogP contribution in [0.5, 0.6) is 11.5 Å². The van der Waals surface area contributed by atoms with Crippen molar-refractivity contribution in [1.29, 1.82) is 0 Å². The van der Waals surface area contributed by atoms with Crippen molar-refractivity contribution in [2.45, 2.75) is 37.7 Å². The van der Waals surface area contributed by atoms with E-state index in [0.717, 1.165) is 25.7 Å². The molecule has 0 unspecified atom stereocenters. The van der Waals surface area contributed by atoms with Gasteiger partial charge >= 0.3 is 0 Å². The number of rotatable bonds is 3. The van der Waals surface area contributed by atoms with Crippen LogP contribution in [0.3, 0.4) is 0 Å². The molecule has 0 aliphatic heterocycles. The number of ether oxygens (including phenoxy) is 1. The summed E-state index contributed by atoms with van der Waals surface area (Å²) in [6.07, 6.45) is 5.02. The average molecular weight is 290 g/mol. The molecule has 0 bridgehead atoms. The van der Waals surface area contributed by atoms with E-state index in [1.165, 1.54) is 24.6 Å². The lowest BCUT2D eigenvalue weighted by Crippen LogP contribution is -2.32. The molecule has 2 N–H and O–H groups in total. The fourth-order valence-corrected chi connectivity index (χ4v) is 2.86. The van der Waals surface area contributed by atoms with Crippen molar-refractivity contribution in [2.75, 3.05) is 7.11 Å². The highest BCUT2D eigenvalue weighted by Crippen LogP contribution is 2.40. The number of phenols is 2. The van der Waals surface area contributed by atoms with Crippen LogP contribution in [0.15, 0.2) is 22.7 Å². The molecule has 2 aromatic rings. The Bertz CT molecular complexity index is 632. The number of nitrogens with zero attached hydrogens (tertiary/aromatic N) is 2. The number of benzene rings is 1. The van der Waals surface area contributed by atoms with Gasteiger partial charge < -0.3 is 19.5 Å². The highest BCUT2D eigenvalue weighted by molar-refractivity contribution is 5.64. The monoisotopic (exact) mass is 290 g/mol. The molecule has 3 rings (SSSR count). The minimum absolute atomic E-state index is 0.0156. The summed E-state index contributed by atoms with van der Waals surface area (Å²) in [7, 11) is 1.66. The highest BCUT2D eigenvalue weighted by atomic mass is 16.5. The molecule has 0 atom stereocenters. The summed E-state index contributed by atoms with van der Waals surface area (Å²) in [6.45, 7) is 0. The normalized spacial score (nSPS) is 17.8. The molecule has 1 aromatic carbocycles. The lowest BCUT2D eigenvalue weighted by Gasteiger charge is -2.32. The van der Waals surface area contributed by atoms with Gasteiger partial charge in [-0.2, -0.15) is 4.98 Å². The molecule has 1 aromatic heterocycles. The van der Waals surface area contributed by atoms with Crippen molar-refractivity contribution >= 4 is 0 Å². The molecule has 21 heavy (non-hydrogen) atoms. The minimum Gasteiger partial charge on any atom is -0.508 e. The largest absolute Gasteiger partial charge is 0.508 e. The maximum atomic E-state index is 9.86. The Balaban J connectivity index is 1.97. The van der Waals surface area contributed by atoms with Crippen LogP contribution in [-0.2, 0) is 10.3 Å². The van der Waals surface area contributed by atoms with Crippen LogP contribution in [0.2, 0.25) is 0 Å². The number of hydrogen-bond donors (Lipinski definition) is 2. The molecule has 0 spiro atoms. The van der Waals surface area contributed by atoms with Gasteiger partial charge in [0, 0.05) is 7.11 Å². The van der Waals surface area contributed by atoms with Crippen molar-refractivity contribution in [3.05, 3.63) is 24.0 Å². The number of phenolic OH excluding ortho intramolecular Hbond substituents is 2. The first-order valence-corrected chi connectivity index (χ1v) is 7.06. The topological polar surface area (TPSA) is 88.6 Å². The molecule has 0 radical (unpaired) electrons. The van der Waals surface area contributed by atoms with Crippen LogP contribution < -0.4 is 0 Å². The third-order valence-electron chi connectivity index (χ3n) is 4.10. The van der Waals surface area contributed by atoms with E-state index in [-0.39, 0.29) is 17.4 Å². The van der Waals surface area contributed by atoms with E-state index in [1.807, 2.05) is 0 Å². The number of aromatic hydroxyl groups is 2. The summed E-state index contributed by atoms with van der Waals surface area (Å²) < 4.78 is 10.9. The average Bonchev–Trinajstić information content (AvgIpc) is 3.00. The zero-order valence-corrected chi connectivity index (χ0v) is 11.9. The molecule has 112 valence electrons. The number of hydrogen-bond acceptors (Lipinski definition) is 6. The van der Waals surface area contributed by atoms with Gasteiger partial charge in [0.15, 0.2) is 0 Å². The van der Waals surface area contributed by atoms with E-state index in [0.29, 0.717) is 11.4 Å². The molecule has 6 nitrogen and oxygen atoms in total. The summed E-state index contributed by atoms with van der Waals surface area (Å²) in [5.41, 5.74) is -0.192. The zero-order chi connectivity index (χ0) is 14.9. The predicted molar refractivity (Wildman–Crippen MR) is 74.8 cm³/mol.